The van der Waals surface area contributed by atoms with Crippen LogP contribution in [-0.2, 0) is 0 Å². The highest BCUT2D eigenvalue weighted by Gasteiger charge is 2.09. The summed E-state index contributed by atoms with van der Waals surface area (Å²) in [4.78, 5) is 2.62. The molecule has 14 heavy (non-hydrogen) atoms. The molecule has 1 heterocycles. The molecule has 86 valence electrons. The first-order valence-electron chi connectivity index (χ1n) is 6.16. The summed E-state index contributed by atoms with van der Waals surface area (Å²) in [5, 5.41) is 0. The predicted octanol–water partition coefficient (Wildman–Crippen LogP) is 3.86. The molecule has 2 heteroatoms. The topological polar surface area (TPSA) is 3.24 Å². The standard InChI is InChI=1S/C12H25N.ClH/c1-2-3-4-5-6-7-10-13-11-8-9-12-13;/h2-12H2,1H3;1H. The number of halogens is 1. The summed E-state index contributed by atoms with van der Waals surface area (Å²) in [7, 11) is 0. The van der Waals surface area contributed by atoms with Crippen LogP contribution in [0.4, 0.5) is 0 Å². The summed E-state index contributed by atoms with van der Waals surface area (Å²) in [5.41, 5.74) is 0. The van der Waals surface area contributed by atoms with E-state index in [0.717, 1.165) is 0 Å². The normalized spacial score (nSPS) is 16.9. The number of nitrogens with zero attached hydrogens (tertiary/aromatic N) is 1. The van der Waals surface area contributed by atoms with Crippen LogP contribution in [0, 0.1) is 0 Å². The molecule has 1 fully saturated rings. The van der Waals surface area contributed by atoms with E-state index >= 15 is 0 Å². The summed E-state index contributed by atoms with van der Waals surface area (Å²) in [6.07, 6.45) is 11.5. The first kappa shape index (κ1) is 14.2. The van der Waals surface area contributed by atoms with Gasteiger partial charge in [0.15, 0.2) is 0 Å². The quantitative estimate of drug-likeness (QED) is 0.588. The van der Waals surface area contributed by atoms with E-state index in [4.69, 9.17) is 0 Å². The van der Waals surface area contributed by atoms with Crippen LogP contribution in [0.15, 0.2) is 0 Å². The minimum Gasteiger partial charge on any atom is -0.303 e. The van der Waals surface area contributed by atoms with Crippen molar-refractivity contribution in [1.82, 2.24) is 4.90 Å². The van der Waals surface area contributed by atoms with Gasteiger partial charge in [-0.2, -0.15) is 0 Å². The van der Waals surface area contributed by atoms with Crippen LogP contribution in [0.1, 0.15) is 58.3 Å². The van der Waals surface area contributed by atoms with Crippen molar-refractivity contribution in [3.05, 3.63) is 0 Å². The molecule has 1 rings (SSSR count). The average molecular weight is 220 g/mol. The molecule has 0 bridgehead atoms. The van der Waals surface area contributed by atoms with Gasteiger partial charge in [0.2, 0.25) is 0 Å². The van der Waals surface area contributed by atoms with E-state index in [-0.39, 0.29) is 12.4 Å². The van der Waals surface area contributed by atoms with Crippen molar-refractivity contribution in [2.45, 2.75) is 58.3 Å². The number of likely N-dealkylation sites (tertiary alicyclic amines) is 1. The zero-order chi connectivity index (χ0) is 9.36. The van der Waals surface area contributed by atoms with Crippen molar-refractivity contribution in [2.24, 2.45) is 0 Å². The van der Waals surface area contributed by atoms with E-state index in [1.54, 1.807) is 0 Å². The van der Waals surface area contributed by atoms with Crippen LogP contribution in [-0.4, -0.2) is 24.5 Å². The summed E-state index contributed by atoms with van der Waals surface area (Å²) in [6.45, 7) is 6.39. The van der Waals surface area contributed by atoms with E-state index in [1.165, 1.54) is 71.0 Å². The molecule has 0 aromatic rings. The van der Waals surface area contributed by atoms with Gasteiger partial charge in [-0.05, 0) is 38.9 Å². The third-order valence-electron chi connectivity index (χ3n) is 3.03. The Morgan fingerprint density at radius 3 is 2.07 bits per heavy atom. The molecule has 0 saturated carbocycles. The molecule has 0 atom stereocenters. The monoisotopic (exact) mass is 219 g/mol. The van der Waals surface area contributed by atoms with Crippen molar-refractivity contribution in [2.75, 3.05) is 19.6 Å². The first-order chi connectivity index (χ1) is 6.43. The Balaban J connectivity index is 0.00000169. The van der Waals surface area contributed by atoms with Crippen LogP contribution < -0.4 is 0 Å². The Morgan fingerprint density at radius 1 is 0.857 bits per heavy atom. The molecule has 0 spiro atoms. The van der Waals surface area contributed by atoms with E-state index in [9.17, 15) is 0 Å². The largest absolute Gasteiger partial charge is 0.303 e. The second kappa shape index (κ2) is 9.79. The van der Waals surface area contributed by atoms with Crippen molar-refractivity contribution in [3.63, 3.8) is 0 Å². The number of unbranched alkanes of at least 4 members (excludes halogenated alkanes) is 5. The molecule has 0 N–H and O–H groups in total. The molecular weight excluding hydrogens is 194 g/mol. The van der Waals surface area contributed by atoms with Crippen LogP contribution in [0.2, 0.25) is 0 Å². The van der Waals surface area contributed by atoms with Gasteiger partial charge in [-0.25, -0.2) is 0 Å². The lowest BCUT2D eigenvalue weighted by molar-refractivity contribution is 0.327. The fourth-order valence-electron chi connectivity index (χ4n) is 2.12. The molecule has 0 aromatic carbocycles. The van der Waals surface area contributed by atoms with Crippen molar-refractivity contribution in [3.8, 4) is 0 Å². The molecule has 1 nitrogen and oxygen atoms in total. The lowest BCUT2D eigenvalue weighted by Crippen LogP contribution is -2.20. The van der Waals surface area contributed by atoms with Gasteiger partial charge in [0, 0.05) is 0 Å². The molecule has 0 aliphatic carbocycles. The third kappa shape index (κ3) is 6.67. The third-order valence-corrected chi connectivity index (χ3v) is 3.03. The maximum Gasteiger partial charge on any atom is -0.00183 e. The zero-order valence-electron chi connectivity index (χ0n) is 9.63. The molecule has 0 amide bonds. The van der Waals surface area contributed by atoms with Gasteiger partial charge in [0.25, 0.3) is 0 Å². The number of hydrogen-bond donors (Lipinski definition) is 0. The van der Waals surface area contributed by atoms with Crippen LogP contribution in [0.5, 0.6) is 0 Å². The Kier molecular flexibility index (Phi) is 9.97. The second-order valence-corrected chi connectivity index (χ2v) is 4.32. The molecule has 0 unspecified atom stereocenters. The Labute approximate surface area is 95.7 Å². The van der Waals surface area contributed by atoms with Crippen molar-refractivity contribution >= 4 is 12.4 Å². The summed E-state index contributed by atoms with van der Waals surface area (Å²) in [6, 6.07) is 0. The fourth-order valence-corrected chi connectivity index (χ4v) is 2.12. The van der Waals surface area contributed by atoms with Gasteiger partial charge in [-0.1, -0.05) is 39.0 Å². The smallest absolute Gasteiger partial charge is 0.00183 e. The summed E-state index contributed by atoms with van der Waals surface area (Å²) >= 11 is 0. The van der Waals surface area contributed by atoms with E-state index < -0.39 is 0 Å². The van der Waals surface area contributed by atoms with Crippen LogP contribution in [0.25, 0.3) is 0 Å². The lowest BCUT2D eigenvalue weighted by atomic mass is 10.1. The second-order valence-electron chi connectivity index (χ2n) is 4.32. The Bertz CT molecular complexity index is 111. The molecule has 1 saturated heterocycles. The predicted molar refractivity (Wildman–Crippen MR) is 66.3 cm³/mol. The van der Waals surface area contributed by atoms with Gasteiger partial charge in [-0.3, -0.25) is 0 Å². The first-order valence-corrected chi connectivity index (χ1v) is 6.16. The Hall–Kier alpha value is 0.250. The zero-order valence-corrected chi connectivity index (χ0v) is 10.5. The van der Waals surface area contributed by atoms with Crippen LogP contribution >= 0.6 is 12.4 Å². The van der Waals surface area contributed by atoms with Crippen molar-refractivity contribution in [1.29, 1.82) is 0 Å². The maximum atomic E-state index is 2.62. The van der Waals surface area contributed by atoms with Crippen molar-refractivity contribution < 1.29 is 0 Å². The highest BCUT2D eigenvalue weighted by Crippen LogP contribution is 2.10. The highest BCUT2D eigenvalue weighted by molar-refractivity contribution is 5.85. The van der Waals surface area contributed by atoms with Gasteiger partial charge >= 0.3 is 0 Å². The Morgan fingerprint density at radius 2 is 1.43 bits per heavy atom. The van der Waals surface area contributed by atoms with E-state index in [2.05, 4.69) is 11.8 Å². The van der Waals surface area contributed by atoms with E-state index in [1.807, 2.05) is 0 Å². The molecular formula is C12H26ClN. The van der Waals surface area contributed by atoms with Crippen LogP contribution in [0.3, 0.4) is 0 Å². The van der Waals surface area contributed by atoms with E-state index in [0.29, 0.717) is 0 Å². The number of hydrogen-bond acceptors (Lipinski definition) is 1. The maximum absolute atomic E-state index is 2.62. The molecule has 0 aromatic heterocycles. The van der Waals surface area contributed by atoms with Gasteiger partial charge < -0.3 is 4.90 Å². The molecule has 1 aliphatic heterocycles. The van der Waals surface area contributed by atoms with Gasteiger partial charge in [0.05, 0.1) is 0 Å². The highest BCUT2D eigenvalue weighted by atomic mass is 35.5. The summed E-state index contributed by atoms with van der Waals surface area (Å²) < 4.78 is 0. The minimum absolute atomic E-state index is 0. The van der Waals surface area contributed by atoms with Gasteiger partial charge in [0.1, 0.15) is 0 Å². The minimum atomic E-state index is 0. The lowest BCUT2D eigenvalue weighted by Gasteiger charge is -2.13. The average Bonchev–Trinajstić information content (AvgIpc) is 2.63. The number of rotatable bonds is 7. The SMILES string of the molecule is CCCCCCCCN1CCCC1.Cl. The molecule has 0 radical (unpaired) electrons. The van der Waals surface area contributed by atoms with Gasteiger partial charge in [-0.15, -0.1) is 12.4 Å². The summed E-state index contributed by atoms with van der Waals surface area (Å²) in [5.74, 6) is 0. The fraction of sp³-hybridized carbons (Fsp3) is 1.00. The molecule has 1 aliphatic rings.